The molecule has 7 heteroatoms. The second-order valence-corrected chi connectivity index (χ2v) is 5.49. The molecule has 1 aromatic rings. The number of methoxy groups -OCH3 is 2. The largest absolute Gasteiger partial charge is 0.380 e. The van der Waals surface area contributed by atoms with E-state index in [-0.39, 0.29) is 30.7 Å². The minimum absolute atomic E-state index is 0. The van der Waals surface area contributed by atoms with E-state index < -0.39 is 5.60 Å². The molecule has 1 heterocycles. The number of rotatable bonds is 6. The number of hydrogen-bond acceptors (Lipinski definition) is 4. The van der Waals surface area contributed by atoms with Crippen LogP contribution in [0.3, 0.4) is 0 Å². The zero-order chi connectivity index (χ0) is 16.0. The van der Waals surface area contributed by atoms with E-state index in [2.05, 4.69) is 10.6 Å². The third-order valence-corrected chi connectivity index (χ3v) is 4.08. The van der Waals surface area contributed by atoms with E-state index in [1.165, 1.54) is 13.2 Å². The number of halogens is 2. The number of nitrogens with one attached hydrogen (secondary N) is 2. The molecule has 1 amide bonds. The quantitative estimate of drug-likeness (QED) is 0.824. The summed E-state index contributed by atoms with van der Waals surface area (Å²) in [5.41, 5.74) is 0.556. The molecule has 130 valence electrons. The van der Waals surface area contributed by atoms with Gasteiger partial charge in [0.2, 0.25) is 0 Å². The fourth-order valence-corrected chi connectivity index (χ4v) is 2.70. The van der Waals surface area contributed by atoms with Crippen LogP contribution in [-0.2, 0) is 27.4 Å². The Labute approximate surface area is 142 Å². The molecule has 0 atom stereocenters. The summed E-state index contributed by atoms with van der Waals surface area (Å²) in [7, 11) is 3.09. The molecule has 0 spiro atoms. The minimum atomic E-state index is -0.763. The van der Waals surface area contributed by atoms with Gasteiger partial charge in [-0.1, -0.05) is 6.07 Å². The van der Waals surface area contributed by atoms with E-state index in [1.54, 1.807) is 19.2 Å². The fourth-order valence-electron chi connectivity index (χ4n) is 2.70. The highest BCUT2D eigenvalue weighted by atomic mass is 35.5. The van der Waals surface area contributed by atoms with Crippen LogP contribution in [0.25, 0.3) is 0 Å². The average molecular weight is 347 g/mol. The third-order valence-electron chi connectivity index (χ3n) is 4.08. The van der Waals surface area contributed by atoms with E-state index >= 15 is 0 Å². The molecule has 2 N–H and O–H groups in total. The summed E-state index contributed by atoms with van der Waals surface area (Å²) >= 11 is 0. The summed E-state index contributed by atoms with van der Waals surface area (Å²) in [5, 5.41) is 6.11. The van der Waals surface area contributed by atoms with E-state index in [0.29, 0.717) is 24.9 Å². The maximum Gasteiger partial charge on any atom is 0.252 e. The Morgan fingerprint density at radius 2 is 2.04 bits per heavy atom. The van der Waals surface area contributed by atoms with Crippen LogP contribution in [-0.4, -0.2) is 38.8 Å². The molecule has 0 aliphatic carbocycles. The van der Waals surface area contributed by atoms with Gasteiger partial charge < -0.3 is 20.1 Å². The Kier molecular flexibility index (Phi) is 7.91. The molecule has 0 unspecified atom stereocenters. The Bertz CT molecular complexity index is 522. The van der Waals surface area contributed by atoms with E-state index in [1.807, 2.05) is 0 Å². The van der Waals surface area contributed by atoms with Gasteiger partial charge in [0, 0.05) is 26.3 Å². The summed E-state index contributed by atoms with van der Waals surface area (Å²) in [4.78, 5) is 12.4. The van der Waals surface area contributed by atoms with Crippen LogP contribution in [0.2, 0.25) is 0 Å². The standard InChI is InChI=1S/C16H23FN2O3.ClH/c1-21-11-13-9-12(3-4-14(13)17)10-19-15(20)16(22-2)5-7-18-8-6-16;/h3-4,9,18H,5-8,10-11H2,1-2H3,(H,19,20);1H. The first kappa shape index (κ1) is 19.8. The second kappa shape index (κ2) is 9.17. The lowest BCUT2D eigenvalue weighted by molar-refractivity contribution is -0.146. The molecule has 0 saturated carbocycles. The van der Waals surface area contributed by atoms with Crippen molar-refractivity contribution in [2.45, 2.75) is 31.6 Å². The number of carbonyl (C=O) groups is 1. The van der Waals surface area contributed by atoms with E-state index in [9.17, 15) is 9.18 Å². The van der Waals surface area contributed by atoms with Gasteiger partial charge in [0.05, 0.1) is 6.61 Å². The smallest absolute Gasteiger partial charge is 0.252 e. The van der Waals surface area contributed by atoms with Crippen LogP contribution in [0.1, 0.15) is 24.0 Å². The van der Waals surface area contributed by atoms with Crippen LogP contribution in [0.5, 0.6) is 0 Å². The first-order chi connectivity index (χ1) is 10.6. The van der Waals surface area contributed by atoms with Gasteiger partial charge in [-0.15, -0.1) is 12.4 Å². The summed E-state index contributed by atoms with van der Waals surface area (Å²) in [6, 6.07) is 4.77. The lowest BCUT2D eigenvalue weighted by atomic mass is 9.91. The molecule has 0 radical (unpaired) electrons. The topological polar surface area (TPSA) is 59.6 Å². The highest BCUT2D eigenvalue weighted by Crippen LogP contribution is 2.22. The van der Waals surface area contributed by atoms with Crippen molar-refractivity contribution in [1.82, 2.24) is 10.6 Å². The Balaban J connectivity index is 0.00000264. The zero-order valence-corrected chi connectivity index (χ0v) is 14.3. The first-order valence-electron chi connectivity index (χ1n) is 7.42. The predicted octanol–water partition coefficient (Wildman–Crippen LogP) is 1.78. The van der Waals surface area contributed by atoms with Gasteiger partial charge in [-0.25, -0.2) is 4.39 Å². The van der Waals surface area contributed by atoms with Gasteiger partial charge in [0.25, 0.3) is 5.91 Å². The van der Waals surface area contributed by atoms with Crippen molar-refractivity contribution in [2.75, 3.05) is 27.3 Å². The highest BCUT2D eigenvalue weighted by Gasteiger charge is 2.39. The van der Waals surface area contributed by atoms with Gasteiger partial charge >= 0.3 is 0 Å². The summed E-state index contributed by atoms with van der Waals surface area (Å²) < 4.78 is 24.0. The third kappa shape index (κ3) is 4.88. The van der Waals surface area contributed by atoms with E-state index in [4.69, 9.17) is 9.47 Å². The number of carbonyl (C=O) groups excluding carboxylic acids is 1. The van der Waals surface area contributed by atoms with Crippen molar-refractivity contribution in [3.63, 3.8) is 0 Å². The van der Waals surface area contributed by atoms with Crippen LogP contribution in [0, 0.1) is 5.82 Å². The number of amides is 1. The van der Waals surface area contributed by atoms with Crippen LogP contribution in [0.15, 0.2) is 18.2 Å². The molecular weight excluding hydrogens is 323 g/mol. The Hall–Kier alpha value is -1.21. The molecule has 23 heavy (non-hydrogen) atoms. The maximum atomic E-state index is 13.6. The monoisotopic (exact) mass is 346 g/mol. The molecular formula is C16H24ClFN2O3. The Morgan fingerprint density at radius 1 is 1.35 bits per heavy atom. The zero-order valence-electron chi connectivity index (χ0n) is 13.5. The molecule has 1 aliphatic heterocycles. The molecule has 0 aromatic heterocycles. The van der Waals surface area contributed by atoms with Crippen molar-refractivity contribution in [1.29, 1.82) is 0 Å². The fraction of sp³-hybridized carbons (Fsp3) is 0.562. The number of benzene rings is 1. The normalized spacial score (nSPS) is 16.5. The van der Waals surface area contributed by atoms with Gasteiger partial charge in [-0.05, 0) is 43.6 Å². The lowest BCUT2D eigenvalue weighted by Crippen LogP contribution is -2.53. The van der Waals surface area contributed by atoms with Crippen LogP contribution in [0.4, 0.5) is 4.39 Å². The molecule has 0 bridgehead atoms. The van der Waals surface area contributed by atoms with E-state index in [0.717, 1.165) is 18.7 Å². The van der Waals surface area contributed by atoms with Crippen molar-refractivity contribution < 1.29 is 18.7 Å². The SMILES string of the molecule is COCc1cc(CNC(=O)C2(OC)CCNCC2)ccc1F.Cl. The molecule has 1 fully saturated rings. The number of ether oxygens (including phenoxy) is 2. The maximum absolute atomic E-state index is 13.6. The lowest BCUT2D eigenvalue weighted by Gasteiger charge is -2.34. The second-order valence-electron chi connectivity index (χ2n) is 5.49. The number of hydrogen-bond donors (Lipinski definition) is 2. The summed E-state index contributed by atoms with van der Waals surface area (Å²) in [5.74, 6) is -0.419. The molecule has 1 aliphatic rings. The van der Waals surface area contributed by atoms with Crippen LogP contribution < -0.4 is 10.6 Å². The predicted molar refractivity (Wildman–Crippen MR) is 88.1 cm³/mol. The molecule has 5 nitrogen and oxygen atoms in total. The molecule has 1 saturated heterocycles. The van der Waals surface area contributed by atoms with Gasteiger partial charge in [-0.3, -0.25) is 4.79 Å². The Morgan fingerprint density at radius 3 is 2.65 bits per heavy atom. The van der Waals surface area contributed by atoms with Crippen molar-refractivity contribution in [3.8, 4) is 0 Å². The van der Waals surface area contributed by atoms with Crippen molar-refractivity contribution in [3.05, 3.63) is 35.1 Å². The van der Waals surface area contributed by atoms with Gasteiger partial charge in [0.15, 0.2) is 0 Å². The minimum Gasteiger partial charge on any atom is -0.380 e. The van der Waals surface area contributed by atoms with Crippen LogP contribution >= 0.6 is 12.4 Å². The molecule has 1 aromatic carbocycles. The number of piperidine rings is 1. The van der Waals surface area contributed by atoms with Crippen molar-refractivity contribution in [2.24, 2.45) is 0 Å². The average Bonchev–Trinajstić information content (AvgIpc) is 2.56. The first-order valence-corrected chi connectivity index (χ1v) is 7.42. The highest BCUT2D eigenvalue weighted by molar-refractivity contribution is 5.85. The van der Waals surface area contributed by atoms with Gasteiger partial charge in [0.1, 0.15) is 11.4 Å². The van der Waals surface area contributed by atoms with Crippen molar-refractivity contribution >= 4 is 18.3 Å². The summed E-state index contributed by atoms with van der Waals surface area (Å²) in [6.07, 6.45) is 1.29. The molecule has 2 rings (SSSR count). The van der Waals surface area contributed by atoms with Gasteiger partial charge in [-0.2, -0.15) is 0 Å². The summed E-state index contributed by atoms with van der Waals surface area (Å²) in [6.45, 7) is 2.07.